The highest BCUT2D eigenvalue weighted by molar-refractivity contribution is 14.1. The highest BCUT2D eigenvalue weighted by Crippen LogP contribution is 2.05. The van der Waals surface area contributed by atoms with Crippen molar-refractivity contribution in [2.45, 2.75) is 26.8 Å². The van der Waals surface area contributed by atoms with E-state index in [1.165, 1.54) is 0 Å². The fourth-order valence-corrected chi connectivity index (χ4v) is 3.07. The number of pyridine rings is 1. The molecule has 18 heavy (non-hydrogen) atoms. The third-order valence-electron chi connectivity index (χ3n) is 2.26. The maximum atomic E-state index is 11.6. The van der Waals surface area contributed by atoms with Gasteiger partial charge in [0.25, 0.3) is 0 Å². The number of nitrogens with zero attached hydrogens (tertiary/aromatic N) is 1. The Bertz CT molecular complexity index is 456. The van der Waals surface area contributed by atoms with Crippen molar-refractivity contribution in [3.05, 3.63) is 29.8 Å². The second kappa shape index (κ2) is 7.46. The Morgan fingerprint density at radius 3 is 2.39 bits per heavy atom. The Hall–Kier alpha value is -0.120. The summed E-state index contributed by atoms with van der Waals surface area (Å²) in [5.41, 5.74) is 0.000579. The Labute approximate surface area is 133 Å². The third kappa shape index (κ3) is 5.25. The summed E-state index contributed by atoms with van der Waals surface area (Å²) in [6.45, 7) is 4.76. The number of hydrogen-bond donors (Lipinski definition) is 0. The molecule has 1 aromatic heterocycles. The maximum Gasteiger partial charge on any atom is 0.325 e. The van der Waals surface area contributed by atoms with E-state index in [2.05, 4.69) is 13.8 Å². The zero-order valence-electron chi connectivity index (χ0n) is 10.3. The number of aromatic nitrogens is 1. The lowest BCUT2D eigenvalue weighted by molar-refractivity contribution is -0.144. The highest BCUT2D eigenvalue weighted by atomic mass is 127. The number of rotatable bonds is 5. The highest BCUT2D eigenvalue weighted by Gasteiger charge is 2.07. The molecule has 0 saturated heterocycles. The fraction of sp³-hybridized carbons (Fsp3) is 0.500. The summed E-state index contributed by atoms with van der Waals surface area (Å²) in [5, 5.41) is 0. The van der Waals surface area contributed by atoms with Crippen molar-refractivity contribution in [2.75, 3.05) is 6.61 Å². The summed E-state index contributed by atoms with van der Waals surface area (Å²) in [6.07, 6.45) is 4.19. The van der Waals surface area contributed by atoms with Crippen LogP contribution in [0.5, 0.6) is 0 Å². The van der Waals surface area contributed by atoms with Gasteiger partial charge in [-0.05, 0) is 57.5 Å². The van der Waals surface area contributed by atoms with Crippen LogP contribution in [0.2, 0.25) is 0 Å². The molecule has 0 spiro atoms. The molecule has 0 saturated carbocycles. The van der Waals surface area contributed by atoms with Gasteiger partial charge in [0.2, 0.25) is 5.43 Å². The second-order valence-electron chi connectivity index (χ2n) is 4.36. The number of halogens is 2. The van der Waals surface area contributed by atoms with Gasteiger partial charge in [-0.15, -0.1) is 0 Å². The summed E-state index contributed by atoms with van der Waals surface area (Å²) >= 11 is 3.94. The quantitative estimate of drug-likeness (QED) is 0.487. The molecule has 6 heteroatoms. The molecule has 0 aliphatic rings. The normalized spacial score (nSPS) is 10.7. The average Bonchev–Trinajstić information content (AvgIpc) is 2.25. The Balaban J connectivity index is 2.57. The molecule has 1 heterocycles. The summed E-state index contributed by atoms with van der Waals surface area (Å²) in [4.78, 5) is 23.1. The number of hydrogen-bond acceptors (Lipinski definition) is 3. The lowest BCUT2D eigenvalue weighted by Crippen LogP contribution is -2.19. The molecule has 1 aromatic rings. The Morgan fingerprint density at radius 1 is 1.33 bits per heavy atom. The van der Waals surface area contributed by atoms with Gasteiger partial charge in [0.15, 0.2) is 0 Å². The van der Waals surface area contributed by atoms with E-state index in [1.54, 1.807) is 17.0 Å². The summed E-state index contributed by atoms with van der Waals surface area (Å²) in [5.74, 6) is 0.248. The monoisotopic (exact) mass is 475 g/mol. The van der Waals surface area contributed by atoms with Crippen LogP contribution in [0.3, 0.4) is 0 Å². The SMILES string of the molecule is CC(C)CCOC(=O)Cn1cc(I)c(=O)c(I)c1. The van der Waals surface area contributed by atoms with E-state index in [1.807, 2.05) is 45.2 Å². The molecular weight excluding hydrogens is 460 g/mol. The zero-order chi connectivity index (χ0) is 13.7. The minimum atomic E-state index is -0.272. The summed E-state index contributed by atoms with van der Waals surface area (Å²) in [6, 6.07) is 0. The molecular formula is C12H15I2NO3. The molecule has 1 rings (SSSR count). The van der Waals surface area contributed by atoms with Crippen molar-refractivity contribution >= 4 is 51.2 Å². The maximum absolute atomic E-state index is 11.6. The second-order valence-corrected chi connectivity index (χ2v) is 6.68. The van der Waals surface area contributed by atoms with Crippen LogP contribution >= 0.6 is 45.2 Å². The van der Waals surface area contributed by atoms with Crippen LogP contribution in [0.15, 0.2) is 17.2 Å². The smallest absolute Gasteiger partial charge is 0.325 e. The van der Waals surface area contributed by atoms with Crippen LogP contribution in [0.25, 0.3) is 0 Å². The largest absolute Gasteiger partial charge is 0.464 e. The number of carbonyl (C=O) groups is 1. The lowest BCUT2D eigenvalue weighted by atomic mass is 10.1. The van der Waals surface area contributed by atoms with Gasteiger partial charge < -0.3 is 9.30 Å². The first-order chi connectivity index (χ1) is 8.40. The number of carbonyl (C=O) groups excluding carboxylic acids is 1. The molecule has 0 aliphatic carbocycles. The summed E-state index contributed by atoms with van der Waals surface area (Å²) < 4.78 is 8.02. The van der Waals surface area contributed by atoms with Gasteiger partial charge in [-0.3, -0.25) is 9.59 Å². The predicted octanol–water partition coefficient (Wildman–Crippen LogP) is 2.65. The van der Waals surface area contributed by atoms with E-state index in [0.29, 0.717) is 19.7 Å². The van der Waals surface area contributed by atoms with E-state index in [4.69, 9.17) is 4.74 Å². The van der Waals surface area contributed by atoms with Crippen molar-refractivity contribution in [2.24, 2.45) is 5.92 Å². The Morgan fingerprint density at radius 2 is 1.89 bits per heavy atom. The van der Waals surface area contributed by atoms with Crippen molar-refractivity contribution < 1.29 is 9.53 Å². The molecule has 100 valence electrons. The zero-order valence-corrected chi connectivity index (χ0v) is 14.6. The molecule has 0 aliphatic heterocycles. The molecule has 0 atom stereocenters. The van der Waals surface area contributed by atoms with E-state index in [-0.39, 0.29) is 17.9 Å². The molecule has 4 nitrogen and oxygen atoms in total. The van der Waals surface area contributed by atoms with E-state index in [9.17, 15) is 9.59 Å². The van der Waals surface area contributed by atoms with Crippen molar-refractivity contribution in [3.63, 3.8) is 0 Å². The van der Waals surface area contributed by atoms with Crippen LogP contribution in [-0.4, -0.2) is 17.1 Å². The van der Waals surface area contributed by atoms with Gasteiger partial charge in [-0.2, -0.15) is 0 Å². The fourth-order valence-electron chi connectivity index (χ4n) is 1.25. The van der Waals surface area contributed by atoms with Gasteiger partial charge in [-0.25, -0.2) is 0 Å². The number of esters is 1. The first kappa shape index (κ1) is 15.9. The number of ether oxygens (including phenoxy) is 1. The summed E-state index contributed by atoms with van der Waals surface area (Å²) in [7, 11) is 0. The van der Waals surface area contributed by atoms with Gasteiger partial charge in [0.05, 0.1) is 13.7 Å². The van der Waals surface area contributed by atoms with Crippen molar-refractivity contribution in [3.8, 4) is 0 Å². The first-order valence-electron chi connectivity index (χ1n) is 5.61. The van der Waals surface area contributed by atoms with Crippen LogP contribution < -0.4 is 5.43 Å². The standard InChI is InChI=1S/C12H15I2NO3/c1-8(2)3-4-18-11(16)7-15-5-9(13)12(17)10(14)6-15/h5-6,8H,3-4,7H2,1-2H3. The molecule has 0 amide bonds. The average molecular weight is 475 g/mol. The minimum absolute atomic E-state index is 0.000579. The molecule has 0 radical (unpaired) electrons. The molecule has 0 aromatic carbocycles. The Kier molecular flexibility index (Phi) is 6.61. The molecule has 0 bridgehead atoms. The van der Waals surface area contributed by atoms with Crippen LogP contribution in [0, 0.1) is 13.1 Å². The minimum Gasteiger partial charge on any atom is -0.464 e. The van der Waals surface area contributed by atoms with Gasteiger partial charge in [-0.1, -0.05) is 13.8 Å². The van der Waals surface area contributed by atoms with Crippen molar-refractivity contribution in [1.82, 2.24) is 4.57 Å². The topological polar surface area (TPSA) is 48.3 Å². The third-order valence-corrected chi connectivity index (χ3v) is 3.80. The van der Waals surface area contributed by atoms with E-state index < -0.39 is 0 Å². The van der Waals surface area contributed by atoms with Crippen LogP contribution in [0.1, 0.15) is 20.3 Å². The van der Waals surface area contributed by atoms with Gasteiger partial charge >= 0.3 is 5.97 Å². The van der Waals surface area contributed by atoms with Crippen LogP contribution in [0.4, 0.5) is 0 Å². The van der Waals surface area contributed by atoms with E-state index >= 15 is 0 Å². The van der Waals surface area contributed by atoms with Gasteiger partial charge in [0, 0.05) is 12.4 Å². The molecule has 0 unspecified atom stereocenters. The predicted molar refractivity (Wildman–Crippen MR) is 86.6 cm³/mol. The molecule has 0 N–H and O–H groups in total. The first-order valence-corrected chi connectivity index (χ1v) is 7.76. The van der Waals surface area contributed by atoms with Crippen molar-refractivity contribution in [1.29, 1.82) is 0 Å². The van der Waals surface area contributed by atoms with Crippen LogP contribution in [-0.2, 0) is 16.1 Å². The lowest BCUT2D eigenvalue weighted by Gasteiger charge is -2.09. The van der Waals surface area contributed by atoms with Gasteiger partial charge in [0.1, 0.15) is 6.54 Å². The molecule has 0 fully saturated rings. The van der Waals surface area contributed by atoms with E-state index in [0.717, 1.165) is 6.42 Å².